The minimum atomic E-state index is 0.0277. The van der Waals surface area contributed by atoms with Crippen molar-refractivity contribution in [1.82, 2.24) is 14.7 Å². The van der Waals surface area contributed by atoms with E-state index in [2.05, 4.69) is 49.6 Å². The van der Waals surface area contributed by atoms with E-state index >= 15 is 0 Å². The minimum absolute atomic E-state index is 0.0277. The fraction of sp³-hybridized carbons (Fsp3) is 0.900. The lowest BCUT2D eigenvalue weighted by Crippen LogP contribution is -2.49. The van der Waals surface area contributed by atoms with Crippen LogP contribution in [0.4, 0.5) is 0 Å². The molecule has 0 rings (SSSR count). The molecule has 0 bridgehead atoms. The molecular formula is C20H43N3O2. The normalized spacial score (nSPS) is 13.2. The standard InChI is InChI=1S/C18H39N3O.C2H4O/c1-8-14-21(16(3)9-2)18(22)17(20(6)7)13-11-10-12-15-19(4)5;1-2-3/h16-17H,8-15H2,1-7H3;2H,1H3/t16-,17-;/m1./s1. The number of rotatable bonds is 12. The largest absolute Gasteiger partial charge is 0.339 e. The van der Waals surface area contributed by atoms with Crippen LogP contribution in [0, 0.1) is 0 Å². The van der Waals surface area contributed by atoms with Gasteiger partial charge >= 0.3 is 0 Å². The number of nitrogens with zero attached hydrogens (tertiary/aromatic N) is 3. The molecule has 5 heteroatoms. The van der Waals surface area contributed by atoms with Crippen LogP contribution >= 0.6 is 0 Å². The molecule has 0 aliphatic carbocycles. The Morgan fingerprint density at radius 1 is 1.00 bits per heavy atom. The van der Waals surface area contributed by atoms with Crippen LogP contribution in [-0.4, -0.2) is 80.3 Å². The van der Waals surface area contributed by atoms with Crippen LogP contribution in [0.15, 0.2) is 0 Å². The quantitative estimate of drug-likeness (QED) is 0.397. The van der Waals surface area contributed by atoms with Gasteiger partial charge in [-0.3, -0.25) is 9.69 Å². The van der Waals surface area contributed by atoms with Crippen LogP contribution in [0.25, 0.3) is 0 Å². The van der Waals surface area contributed by atoms with Gasteiger partial charge in [0.1, 0.15) is 6.29 Å². The molecule has 2 atom stereocenters. The second kappa shape index (κ2) is 16.5. The van der Waals surface area contributed by atoms with E-state index in [0.29, 0.717) is 11.9 Å². The topological polar surface area (TPSA) is 43.9 Å². The third-order valence-electron chi connectivity index (χ3n) is 4.36. The first-order valence-electron chi connectivity index (χ1n) is 9.78. The summed E-state index contributed by atoms with van der Waals surface area (Å²) in [7, 11) is 8.29. The third kappa shape index (κ3) is 13.0. The van der Waals surface area contributed by atoms with Crippen molar-refractivity contribution in [3.8, 4) is 0 Å². The van der Waals surface area contributed by atoms with E-state index in [9.17, 15) is 4.79 Å². The SMILES string of the molecule is CC=O.CCCN(C(=O)[C@@H](CCCCCN(C)C)N(C)C)[C@H](C)CC. The van der Waals surface area contributed by atoms with Gasteiger partial charge in [0.15, 0.2) is 0 Å². The molecule has 5 nitrogen and oxygen atoms in total. The Morgan fingerprint density at radius 2 is 1.56 bits per heavy atom. The van der Waals surface area contributed by atoms with Crippen molar-refractivity contribution in [2.45, 2.75) is 78.3 Å². The number of carbonyl (C=O) groups excluding carboxylic acids is 2. The Morgan fingerprint density at radius 3 is 1.96 bits per heavy atom. The smallest absolute Gasteiger partial charge is 0.240 e. The molecule has 0 aromatic carbocycles. The van der Waals surface area contributed by atoms with Crippen LogP contribution < -0.4 is 0 Å². The minimum Gasteiger partial charge on any atom is -0.339 e. The molecule has 0 spiro atoms. The lowest BCUT2D eigenvalue weighted by Gasteiger charge is -2.34. The maximum atomic E-state index is 12.9. The summed E-state index contributed by atoms with van der Waals surface area (Å²) in [4.78, 5) is 28.1. The number of carbonyl (C=O) groups is 2. The molecule has 0 aromatic heterocycles. The highest BCUT2D eigenvalue weighted by atomic mass is 16.2. The number of hydrogen-bond acceptors (Lipinski definition) is 4. The fourth-order valence-electron chi connectivity index (χ4n) is 2.75. The van der Waals surface area contributed by atoms with Gasteiger partial charge in [-0.1, -0.05) is 26.7 Å². The van der Waals surface area contributed by atoms with E-state index in [1.807, 2.05) is 14.1 Å². The maximum Gasteiger partial charge on any atom is 0.240 e. The van der Waals surface area contributed by atoms with Gasteiger partial charge in [0.05, 0.1) is 6.04 Å². The van der Waals surface area contributed by atoms with Crippen LogP contribution in [0.2, 0.25) is 0 Å². The summed E-state index contributed by atoms with van der Waals surface area (Å²) in [6.07, 6.45) is 7.31. The fourth-order valence-corrected chi connectivity index (χ4v) is 2.75. The van der Waals surface area contributed by atoms with Crippen molar-refractivity contribution in [3.63, 3.8) is 0 Å². The molecular weight excluding hydrogens is 314 g/mol. The lowest BCUT2D eigenvalue weighted by molar-refractivity contribution is -0.138. The molecule has 0 heterocycles. The number of aldehydes is 1. The van der Waals surface area contributed by atoms with E-state index < -0.39 is 0 Å². The molecule has 150 valence electrons. The number of unbranched alkanes of at least 4 members (excludes halogenated alkanes) is 2. The summed E-state index contributed by atoms with van der Waals surface area (Å²) in [5.41, 5.74) is 0. The van der Waals surface area contributed by atoms with Gasteiger partial charge < -0.3 is 14.6 Å². The predicted molar refractivity (Wildman–Crippen MR) is 108 cm³/mol. The Hall–Kier alpha value is -0.940. The van der Waals surface area contributed by atoms with Gasteiger partial charge in [-0.15, -0.1) is 0 Å². The maximum absolute atomic E-state index is 12.9. The summed E-state index contributed by atoms with van der Waals surface area (Å²) in [6, 6.07) is 0.364. The average Bonchev–Trinajstić information content (AvgIpc) is 2.54. The summed E-state index contributed by atoms with van der Waals surface area (Å²) in [5.74, 6) is 0.314. The molecule has 0 saturated carbocycles. The molecule has 0 unspecified atom stereocenters. The molecule has 0 aliphatic heterocycles. The monoisotopic (exact) mass is 357 g/mol. The average molecular weight is 358 g/mol. The Bertz CT molecular complexity index is 333. The Balaban J connectivity index is 0. The highest BCUT2D eigenvalue weighted by Crippen LogP contribution is 2.15. The molecule has 0 fully saturated rings. The van der Waals surface area contributed by atoms with Crippen LogP contribution in [0.3, 0.4) is 0 Å². The molecule has 0 N–H and O–H groups in total. The van der Waals surface area contributed by atoms with Crippen molar-refractivity contribution in [3.05, 3.63) is 0 Å². The van der Waals surface area contributed by atoms with Crippen molar-refractivity contribution in [2.24, 2.45) is 0 Å². The highest BCUT2D eigenvalue weighted by Gasteiger charge is 2.27. The first kappa shape index (κ1) is 26.3. The first-order chi connectivity index (χ1) is 11.8. The zero-order valence-corrected chi connectivity index (χ0v) is 18.0. The van der Waals surface area contributed by atoms with Crippen molar-refractivity contribution in [1.29, 1.82) is 0 Å². The second-order valence-corrected chi connectivity index (χ2v) is 7.16. The van der Waals surface area contributed by atoms with Gasteiger partial charge in [0.2, 0.25) is 5.91 Å². The second-order valence-electron chi connectivity index (χ2n) is 7.16. The van der Waals surface area contributed by atoms with E-state index in [1.54, 1.807) is 0 Å². The lowest BCUT2D eigenvalue weighted by atomic mass is 10.0. The third-order valence-corrected chi connectivity index (χ3v) is 4.36. The molecule has 1 amide bonds. The zero-order valence-electron chi connectivity index (χ0n) is 18.0. The molecule has 0 aromatic rings. The van der Waals surface area contributed by atoms with Gasteiger partial charge in [-0.25, -0.2) is 0 Å². The van der Waals surface area contributed by atoms with Crippen molar-refractivity contribution >= 4 is 12.2 Å². The summed E-state index contributed by atoms with van der Waals surface area (Å²) in [6.45, 7) is 9.92. The molecule has 25 heavy (non-hydrogen) atoms. The van der Waals surface area contributed by atoms with Gasteiger partial charge in [-0.05, 0) is 74.3 Å². The summed E-state index contributed by atoms with van der Waals surface area (Å²) in [5, 5.41) is 0. The summed E-state index contributed by atoms with van der Waals surface area (Å²) >= 11 is 0. The van der Waals surface area contributed by atoms with Crippen molar-refractivity contribution < 1.29 is 9.59 Å². The van der Waals surface area contributed by atoms with Crippen LogP contribution in [-0.2, 0) is 9.59 Å². The number of hydrogen-bond donors (Lipinski definition) is 0. The van der Waals surface area contributed by atoms with Gasteiger partial charge in [0.25, 0.3) is 0 Å². The number of likely N-dealkylation sites (N-methyl/N-ethyl adjacent to an activating group) is 1. The van der Waals surface area contributed by atoms with Crippen LogP contribution in [0.5, 0.6) is 0 Å². The summed E-state index contributed by atoms with van der Waals surface area (Å²) < 4.78 is 0. The molecule has 0 radical (unpaired) electrons. The van der Waals surface area contributed by atoms with Gasteiger partial charge in [0, 0.05) is 12.6 Å². The Kier molecular flexibility index (Phi) is 17.4. The predicted octanol–water partition coefficient (Wildman–Crippen LogP) is 3.28. The number of amides is 1. The molecule has 0 aliphatic rings. The van der Waals surface area contributed by atoms with E-state index in [1.165, 1.54) is 19.8 Å². The Labute approximate surface area is 156 Å². The van der Waals surface area contributed by atoms with Crippen LogP contribution in [0.1, 0.15) is 66.2 Å². The van der Waals surface area contributed by atoms with Gasteiger partial charge in [-0.2, -0.15) is 0 Å². The van der Waals surface area contributed by atoms with E-state index in [-0.39, 0.29) is 6.04 Å². The first-order valence-corrected chi connectivity index (χ1v) is 9.78. The zero-order chi connectivity index (χ0) is 19.8. The van der Waals surface area contributed by atoms with E-state index in [0.717, 1.165) is 45.1 Å². The van der Waals surface area contributed by atoms with E-state index in [4.69, 9.17) is 4.79 Å². The highest BCUT2D eigenvalue weighted by molar-refractivity contribution is 5.82. The van der Waals surface area contributed by atoms with Crippen molar-refractivity contribution in [2.75, 3.05) is 41.3 Å². The molecule has 0 saturated heterocycles.